The van der Waals surface area contributed by atoms with E-state index in [-0.39, 0.29) is 17.3 Å². The molecule has 5 nitrogen and oxygen atoms in total. The molecule has 9 heteroatoms. The number of rotatable bonds is 5. The molecule has 1 aromatic heterocycles. The van der Waals surface area contributed by atoms with Crippen molar-refractivity contribution >= 4 is 29.0 Å². The van der Waals surface area contributed by atoms with Gasteiger partial charge in [-0.15, -0.1) is 11.3 Å². The standard InChI is InChI=1S/C18H16F3N3O2S/c1-2-10-24-14(12-7-4-3-5-8-12)22-17(16(24)26,18(19,20)21)23-15(25)13-9-6-11-27-13/h3-9,11H,2,10H2,1H3,(H,23,25)/t17-/m0/s1. The number of alkyl halides is 3. The first-order valence-corrected chi connectivity index (χ1v) is 9.08. The van der Waals surface area contributed by atoms with Crippen LogP contribution in [0.15, 0.2) is 52.8 Å². The monoisotopic (exact) mass is 395 g/mol. The largest absolute Gasteiger partial charge is 0.442 e. The number of thiophene rings is 1. The predicted octanol–water partition coefficient (Wildman–Crippen LogP) is 3.44. The van der Waals surface area contributed by atoms with E-state index in [1.165, 1.54) is 6.07 Å². The molecule has 2 amide bonds. The molecule has 1 aromatic carbocycles. The highest BCUT2D eigenvalue weighted by Gasteiger charge is 2.67. The van der Waals surface area contributed by atoms with Crippen LogP contribution in [-0.2, 0) is 4.79 Å². The Bertz CT molecular complexity index is 866. The van der Waals surface area contributed by atoms with E-state index >= 15 is 0 Å². The van der Waals surface area contributed by atoms with Crippen molar-refractivity contribution in [2.75, 3.05) is 6.54 Å². The van der Waals surface area contributed by atoms with Crippen LogP contribution >= 0.6 is 11.3 Å². The van der Waals surface area contributed by atoms with E-state index in [1.54, 1.807) is 48.7 Å². The van der Waals surface area contributed by atoms with Crippen molar-refractivity contribution in [1.29, 1.82) is 0 Å². The van der Waals surface area contributed by atoms with Gasteiger partial charge in [-0.1, -0.05) is 43.3 Å². The van der Waals surface area contributed by atoms with Crippen molar-refractivity contribution in [3.63, 3.8) is 0 Å². The minimum atomic E-state index is -5.10. The summed E-state index contributed by atoms with van der Waals surface area (Å²) in [7, 11) is 0. The quantitative estimate of drug-likeness (QED) is 0.843. The summed E-state index contributed by atoms with van der Waals surface area (Å²) in [6, 6.07) is 11.1. The maximum atomic E-state index is 14.0. The summed E-state index contributed by atoms with van der Waals surface area (Å²) in [5.41, 5.74) is -2.97. The summed E-state index contributed by atoms with van der Waals surface area (Å²) in [6.07, 6.45) is -4.66. The molecule has 0 saturated carbocycles. The first-order valence-electron chi connectivity index (χ1n) is 8.20. The molecule has 1 atom stereocenters. The topological polar surface area (TPSA) is 61.8 Å². The van der Waals surface area contributed by atoms with Gasteiger partial charge in [0.15, 0.2) is 0 Å². The van der Waals surface area contributed by atoms with Gasteiger partial charge in [-0.3, -0.25) is 14.5 Å². The van der Waals surface area contributed by atoms with Crippen molar-refractivity contribution in [3.05, 3.63) is 58.3 Å². The van der Waals surface area contributed by atoms with Crippen LogP contribution in [0.3, 0.4) is 0 Å². The third kappa shape index (κ3) is 3.34. The maximum Gasteiger partial charge on any atom is 0.442 e. The Kier molecular flexibility index (Phi) is 5.05. The van der Waals surface area contributed by atoms with Crippen LogP contribution < -0.4 is 5.32 Å². The van der Waals surface area contributed by atoms with Crippen LogP contribution in [0.2, 0.25) is 0 Å². The molecule has 0 bridgehead atoms. The Balaban J connectivity index is 2.10. The van der Waals surface area contributed by atoms with Crippen LogP contribution in [-0.4, -0.2) is 40.9 Å². The van der Waals surface area contributed by atoms with E-state index in [4.69, 9.17) is 0 Å². The minimum Gasteiger partial charge on any atom is -0.311 e. The van der Waals surface area contributed by atoms with Gasteiger partial charge in [0.05, 0.1) is 4.88 Å². The van der Waals surface area contributed by atoms with Gasteiger partial charge in [0.25, 0.3) is 11.8 Å². The van der Waals surface area contributed by atoms with Crippen molar-refractivity contribution in [2.45, 2.75) is 25.2 Å². The van der Waals surface area contributed by atoms with E-state index in [1.807, 2.05) is 5.32 Å². The molecular weight excluding hydrogens is 379 g/mol. The summed E-state index contributed by atoms with van der Waals surface area (Å²) in [6.45, 7) is 1.80. The Morgan fingerprint density at radius 3 is 2.48 bits per heavy atom. The molecule has 0 unspecified atom stereocenters. The number of hydrogen-bond acceptors (Lipinski definition) is 4. The highest BCUT2D eigenvalue weighted by molar-refractivity contribution is 7.12. The molecule has 3 rings (SSSR count). The van der Waals surface area contributed by atoms with Gasteiger partial charge in [-0.05, 0) is 17.9 Å². The van der Waals surface area contributed by atoms with E-state index in [0.717, 1.165) is 16.2 Å². The zero-order valence-corrected chi connectivity index (χ0v) is 15.1. The molecule has 1 aliphatic heterocycles. The Morgan fingerprint density at radius 2 is 1.93 bits per heavy atom. The van der Waals surface area contributed by atoms with Crippen LogP contribution in [0.25, 0.3) is 0 Å². The fourth-order valence-corrected chi connectivity index (χ4v) is 3.39. The molecule has 0 fully saturated rings. The summed E-state index contributed by atoms with van der Waals surface area (Å²) in [4.78, 5) is 29.9. The molecule has 0 spiro atoms. The van der Waals surface area contributed by atoms with E-state index < -0.39 is 23.7 Å². The van der Waals surface area contributed by atoms with Crippen LogP contribution in [0.5, 0.6) is 0 Å². The minimum absolute atomic E-state index is 0.0548. The third-order valence-corrected chi connectivity index (χ3v) is 4.88. The van der Waals surface area contributed by atoms with E-state index in [0.29, 0.717) is 12.0 Å². The molecule has 0 radical (unpaired) electrons. The molecule has 1 aliphatic rings. The predicted molar refractivity (Wildman–Crippen MR) is 95.6 cm³/mol. The number of carbonyl (C=O) groups is 2. The molecule has 2 aromatic rings. The van der Waals surface area contributed by atoms with Gasteiger partial charge in [-0.2, -0.15) is 13.2 Å². The zero-order valence-electron chi connectivity index (χ0n) is 14.3. The normalized spacial score (nSPS) is 19.9. The third-order valence-electron chi connectivity index (χ3n) is 4.01. The lowest BCUT2D eigenvalue weighted by Gasteiger charge is -2.28. The first-order chi connectivity index (χ1) is 12.8. The van der Waals surface area contributed by atoms with Crippen LogP contribution in [0.4, 0.5) is 13.2 Å². The van der Waals surface area contributed by atoms with Gasteiger partial charge in [0.1, 0.15) is 5.84 Å². The van der Waals surface area contributed by atoms with Crippen molar-refractivity contribution < 1.29 is 22.8 Å². The molecule has 1 N–H and O–H groups in total. The number of nitrogens with zero attached hydrogens (tertiary/aromatic N) is 2. The molecule has 2 heterocycles. The molecule has 0 aliphatic carbocycles. The number of carbonyl (C=O) groups excluding carboxylic acids is 2. The van der Waals surface area contributed by atoms with Gasteiger partial charge in [-0.25, -0.2) is 4.99 Å². The van der Waals surface area contributed by atoms with Gasteiger partial charge in [0.2, 0.25) is 0 Å². The van der Waals surface area contributed by atoms with Gasteiger partial charge < -0.3 is 5.32 Å². The summed E-state index contributed by atoms with van der Waals surface area (Å²) >= 11 is 0.980. The Hall–Kier alpha value is -2.68. The number of benzene rings is 1. The smallest absolute Gasteiger partial charge is 0.311 e. The second kappa shape index (κ2) is 7.15. The Morgan fingerprint density at radius 1 is 1.22 bits per heavy atom. The molecule has 142 valence electrons. The van der Waals surface area contributed by atoms with E-state index in [9.17, 15) is 22.8 Å². The van der Waals surface area contributed by atoms with Crippen molar-refractivity contribution in [3.8, 4) is 0 Å². The maximum absolute atomic E-state index is 14.0. The summed E-state index contributed by atoms with van der Waals surface area (Å²) in [5.74, 6) is -2.41. The highest BCUT2D eigenvalue weighted by Crippen LogP contribution is 2.38. The lowest BCUT2D eigenvalue weighted by molar-refractivity contribution is -0.196. The van der Waals surface area contributed by atoms with E-state index in [2.05, 4.69) is 4.99 Å². The zero-order chi connectivity index (χ0) is 19.7. The summed E-state index contributed by atoms with van der Waals surface area (Å²) < 4.78 is 42.0. The second-order valence-corrected chi connectivity index (χ2v) is 6.85. The summed E-state index contributed by atoms with van der Waals surface area (Å²) in [5, 5.41) is 3.40. The number of amidine groups is 1. The second-order valence-electron chi connectivity index (χ2n) is 5.90. The van der Waals surface area contributed by atoms with Crippen molar-refractivity contribution in [1.82, 2.24) is 10.2 Å². The molecule has 27 heavy (non-hydrogen) atoms. The number of hydrogen-bond donors (Lipinski definition) is 1. The SMILES string of the molecule is CCCN1C(=O)[C@](NC(=O)c2cccs2)(C(F)(F)F)N=C1c1ccccc1. The first kappa shape index (κ1) is 19.1. The lowest BCUT2D eigenvalue weighted by Crippen LogP contribution is -2.63. The van der Waals surface area contributed by atoms with Gasteiger partial charge >= 0.3 is 11.8 Å². The number of amides is 2. The van der Waals surface area contributed by atoms with Crippen LogP contribution in [0.1, 0.15) is 28.6 Å². The molecular formula is C18H16F3N3O2S. The lowest BCUT2D eigenvalue weighted by atomic mass is 10.1. The number of aliphatic imine (C=N–C) groups is 1. The molecule has 0 saturated heterocycles. The van der Waals surface area contributed by atoms with Crippen molar-refractivity contribution in [2.24, 2.45) is 4.99 Å². The fraction of sp³-hybridized carbons (Fsp3) is 0.278. The average molecular weight is 395 g/mol. The average Bonchev–Trinajstić information content (AvgIpc) is 3.25. The van der Waals surface area contributed by atoms with Crippen LogP contribution in [0, 0.1) is 0 Å². The van der Waals surface area contributed by atoms with Gasteiger partial charge in [0, 0.05) is 12.1 Å². The Labute approximate surface area is 157 Å². The number of nitrogens with one attached hydrogen (secondary N) is 1. The number of halogens is 3. The highest BCUT2D eigenvalue weighted by atomic mass is 32.1. The fourth-order valence-electron chi connectivity index (χ4n) is 2.77.